The summed E-state index contributed by atoms with van der Waals surface area (Å²) in [7, 11) is 0. The second kappa shape index (κ2) is 11.2. The molecule has 2 amide bonds. The Morgan fingerprint density at radius 1 is 1.05 bits per heavy atom. The molecule has 0 bridgehead atoms. The van der Waals surface area contributed by atoms with Crippen molar-refractivity contribution >= 4 is 46.4 Å². The molecule has 3 aromatic carbocycles. The van der Waals surface area contributed by atoms with Gasteiger partial charge in [0.05, 0.1) is 27.6 Å². The summed E-state index contributed by atoms with van der Waals surface area (Å²) in [6.45, 7) is 1.95. The average Bonchev–Trinajstić information content (AvgIpc) is 3.04. The SMILES string of the molecule is Cc1cc(Cl)c(C2=NC(NC(=O)c3cc(F)cnc3OCc3ccccc3)C(=O)Nc3ccccc32)c(Cl)c1. The Balaban J connectivity index is 1.51. The van der Waals surface area contributed by atoms with Gasteiger partial charge in [0, 0.05) is 11.1 Å². The van der Waals surface area contributed by atoms with Crippen molar-refractivity contribution in [3.63, 3.8) is 0 Å². The van der Waals surface area contributed by atoms with Crippen LogP contribution >= 0.6 is 23.2 Å². The molecule has 0 saturated heterocycles. The van der Waals surface area contributed by atoms with Gasteiger partial charge >= 0.3 is 0 Å². The molecule has 1 aliphatic heterocycles. The number of ether oxygens (including phenoxy) is 1. The van der Waals surface area contributed by atoms with Crippen LogP contribution in [0.5, 0.6) is 5.88 Å². The first-order valence-corrected chi connectivity index (χ1v) is 12.6. The number of benzodiazepines with no additional fused rings is 1. The number of aliphatic imine (C=N–C) groups is 1. The number of hydrogen-bond donors (Lipinski definition) is 2. The number of pyridine rings is 1. The molecular formula is C29H21Cl2FN4O3. The van der Waals surface area contributed by atoms with Gasteiger partial charge in [0.1, 0.15) is 18.0 Å². The fourth-order valence-corrected chi connectivity index (χ4v) is 4.89. The van der Waals surface area contributed by atoms with Crippen LogP contribution < -0.4 is 15.4 Å². The fraction of sp³-hybridized carbons (Fsp3) is 0.103. The molecule has 0 aliphatic carbocycles. The maximum atomic E-state index is 14.1. The maximum Gasteiger partial charge on any atom is 0.269 e. The van der Waals surface area contributed by atoms with E-state index in [-0.39, 0.29) is 18.1 Å². The van der Waals surface area contributed by atoms with Crippen LogP contribution in [0.25, 0.3) is 0 Å². The predicted molar refractivity (Wildman–Crippen MR) is 148 cm³/mol. The number of nitrogens with one attached hydrogen (secondary N) is 2. The molecule has 7 nitrogen and oxygen atoms in total. The molecule has 0 radical (unpaired) electrons. The Kier molecular flexibility index (Phi) is 7.58. The smallest absolute Gasteiger partial charge is 0.269 e. The Morgan fingerprint density at radius 2 is 1.74 bits per heavy atom. The van der Waals surface area contributed by atoms with E-state index < -0.39 is 23.8 Å². The average molecular weight is 563 g/mol. The van der Waals surface area contributed by atoms with Gasteiger partial charge in [-0.05, 0) is 42.3 Å². The van der Waals surface area contributed by atoms with Gasteiger partial charge in [-0.15, -0.1) is 0 Å². The number of amides is 2. The lowest BCUT2D eigenvalue weighted by molar-refractivity contribution is -0.117. The first-order chi connectivity index (χ1) is 18.8. The highest BCUT2D eigenvalue weighted by molar-refractivity contribution is 6.42. The first-order valence-electron chi connectivity index (χ1n) is 11.9. The van der Waals surface area contributed by atoms with Crippen LogP contribution in [0.2, 0.25) is 10.0 Å². The third-order valence-electron chi connectivity index (χ3n) is 5.92. The van der Waals surface area contributed by atoms with Crippen LogP contribution in [-0.2, 0) is 11.4 Å². The van der Waals surface area contributed by atoms with Gasteiger partial charge in [-0.25, -0.2) is 14.4 Å². The Bertz CT molecular complexity index is 1590. The number of para-hydroxylation sites is 1. The van der Waals surface area contributed by atoms with Crippen LogP contribution in [0.4, 0.5) is 10.1 Å². The molecule has 4 aromatic rings. The van der Waals surface area contributed by atoms with Gasteiger partial charge in [-0.2, -0.15) is 0 Å². The summed E-state index contributed by atoms with van der Waals surface area (Å²) in [6, 6.07) is 20.7. The predicted octanol–water partition coefficient (Wildman–Crippen LogP) is 5.96. The number of aryl methyl sites for hydroxylation is 1. The van der Waals surface area contributed by atoms with Crippen LogP contribution in [0.15, 0.2) is 84.0 Å². The normalized spacial score (nSPS) is 14.5. The Hall–Kier alpha value is -4.27. The summed E-state index contributed by atoms with van der Waals surface area (Å²) in [5.74, 6) is -2.25. The summed E-state index contributed by atoms with van der Waals surface area (Å²) >= 11 is 13.1. The summed E-state index contributed by atoms with van der Waals surface area (Å²) in [5, 5.41) is 6.01. The summed E-state index contributed by atoms with van der Waals surface area (Å²) in [4.78, 5) is 35.1. The topological polar surface area (TPSA) is 92.7 Å². The van der Waals surface area contributed by atoms with Gasteiger partial charge in [-0.1, -0.05) is 71.7 Å². The van der Waals surface area contributed by atoms with Crippen LogP contribution in [0.3, 0.4) is 0 Å². The van der Waals surface area contributed by atoms with Gasteiger partial charge in [0.15, 0.2) is 0 Å². The van der Waals surface area contributed by atoms with E-state index in [0.717, 1.165) is 23.4 Å². The molecule has 0 saturated carbocycles. The lowest BCUT2D eigenvalue weighted by atomic mass is 9.99. The number of carbonyl (C=O) groups excluding carboxylic acids is 2. The quantitative estimate of drug-likeness (QED) is 0.303. The molecule has 2 heterocycles. The van der Waals surface area contributed by atoms with Crippen molar-refractivity contribution in [1.82, 2.24) is 10.3 Å². The monoisotopic (exact) mass is 562 g/mol. The first kappa shape index (κ1) is 26.3. The third kappa shape index (κ3) is 5.77. The maximum absolute atomic E-state index is 14.1. The molecule has 1 aromatic heterocycles. The molecule has 0 spiro atoms. The van der Waals surface area contributed by atoms with E-state index in [1.54, 1.807) is 36.4 Å². The summed E-state index contributed by atoms with van der Waals surface area (Å²) < 4.78 is 19.9. The number of carbonyl (C=O) groups is 2. The summed E-state index contributed by atoms with van der Waals surface area (Å²) in [5.41, 5.74) is 3.23. The minimum atomic E-state index is -1.40. The molecule has 1 atom stereocenters. The highest BCUT2D eigenvalue weighted by atomic mass is 35.5. The largest absolute Gasteiger partial charge is 0.472 e. The van der Waals surface area contributed by atoms with E-state index in [2.05, 4.69) is 20.6 Å². The zero-order valence-corrected chi connectivity index (χ0v) is 22.1. The van der Waals surface area contributed by atoms with Gasteiger partial charge in [0.2, 0.25) is 12.0 Å². The second-order valence-corrected chi connectivity index (χ2v) is 9.59. The van der Waals surface area contributed by atoms with Crippen molar-refractivity contribution in [1.29, 1.82) is 0 Å². The van der Waals surface area contributed by atoms with E-state index >= 15 is 0 Å². The Morgan fingerprint density at radius 3 is 2.49 bits per heavy atom. The van der Waals surface area contributed by atoms with E-state index in [9.17, 15) is 14.0 Å². The van der Waals surface area contributed by atoms with E-state index in [0.29, 0.717) is 32.6 Å². The van der Waals surface area contributed by atoms with Crippen molar-refractivity contribution < 1.29 is 18.7 Å². The van der Waals surface area contributed by atoms with Crippen molar-refractivity contribution in [3.8, 4) is 5.88 Å². The zero-order valence-electron chi connectivity index (χ0n) is 20.5. The van der Waals surface area contributed by atoms with Gasteiger partial charge in [-0.3, -0.25) is 9.59 Å². The van der Waals surface area contributed by atoms with E-state index in [4.69, 9.17) is 27.9 Å². The van der Waals surface area contributed by atoms with Crippen LogP contribution in [-0.4, -0.2) is 28.7 Å². The molecule has 1 unspecified atom stereocenters. The molecule has 1 aliphatic rings. The van der Waals surface area contributed by atoms with Crippen LogP contribution in [0.1, 0.15) is 32.6 Å². The zero-order chi connectivity index (χ0) is 27.5. The van der Waals surface area contributed by atoms with E-state index in [1.165, 1.54) is 0 Å². The molecular weight excluding hydrogens is 542 g/mol. The van der Waals surface area contributed by atoms with E-state index in [1.807, 2.05) is 37.3 Å². The highest BCUT2D eigenvalue weighted by Gasteiger charge is 2.30. The van der Waals surface area contributed by atoms with Crippen molar-refractivity contribution in [2.75, 3.05) is 5.32 Å². The molecule has 196 valence electrons. The number of hydrogen-bond acceptors (Lipinski definition) is 5. The highest BCUT2D eigenvalue weighted by Crippen LogP contribution is 2.33. The molecule has 0 fully saturated rings. The molecule has 10 heteroatoms. The Labute approximate surface area is 233 Å². The van der Waals surface area contributed by atoms with Crippen molar-refractivity contribution in [2.45, 2.75) is 19.7 Å². The molecule has 5 rings (SSSR count). The lowest BCUT2D eigenvalue weighted by Crippen LogP contribution is -2.42. The number of aromatic nitrogens is 1. The number of halogens is 3. The third-order valence-corrected chi connectivity index (χ3v) is 6.51. The number of fused-ring (bicyclic) bond motifs is 1. The minimum absolute atomic E-state index is 0.0936. The number of rotatable bonds is 6. The van der Waals surface area contributed by atoms with Gasteiger partial charge in [0.25, 0.3) is 11.8 Å². The lowest BCUT2D eigenvalue weighted by Gasteiger charge is -2.16. The van der Waals surface area contributed by atoms with Crippen molar-refractivity contribution in [2.24, 2.45) is 4.99 Å². The van der Waals surface area contributed by atoms with Gasteiger partial charge < -0.3 is 15.4 Å². The van der Waals surface area contributed by atoms with Crippen molar-refractivity contribution in [3.05, 3.63) is 123 Å². The number of nitrogens with zero attached hydrogens (tertiary/aromatic N) is 2. The number of anilines is 1. The van der Waals surface area contributed by atoms with Crippen LogP contribution in [0, 0.1) is 12.7 Å². The molecule has 2 N–H and O–H groups in total. The molecule has 39 heavy (non-hydrogen) atoms. The standard InChI is InChI=1S/C29H21Cl2FN4O3/c1-16-11-21(30)24(22(31)12-16)25-19-9-5-6-10-23(19)34-28(38)26(35-25)36-27(37)20-13-18(32)14-33-29(20)39-15-17-7-3-2-4-8-17/h2-14,26H,15H2,1H3,(H,34,38)(H,36,37). The second-order valence-electron chi connectivity index (χ2n) is 8.77. The number of benzene rings is 3. The summed E-state index contributed by atoms with van der Waals surface area (Å²) in [6.07, 6.45) is -0.456. The fourth-order valence-electron chi connectivity index (χ4n) is 4.11. The minimum Gasteiger partial charge on any atom is -0.472 e.